The molecule has 0 radical (unpaired) electrons. The van der Waals surface area contributed by atoms with Crippen LogP contribution in [-0.2, 0) is 6.54 Å². The molecule has 0 fully saturated rings. The molecule has 2 N–H and O–H groups in total. The van der Waals surface area contributed by atoms with Crippen LogP contribution >= 0.6 is 11.6 Å². The Morgan fingerprint density at radius 3 is 2.84 bits per heavy atom. The summed E-state index contributed by atoms with van der Waals surface area (Å²) < 4.78 is 13.0. The van der Waals surface area contributed by atoms with Crippen molar-refractivity contribution in [2.75, 3.05) is 0 Å². The Morgan fingerprint density at radius 2 is 2.05 bits per heavy atom. The van der Waals surface area contributed by atoms with Crippen LogP contribution in [0, 0.1) is 5.82 Å². The summed E-state index contributed by atoms with van der Waals surface area (Å²) in [7, 11) is 0. The van der Waals surface area contributed by atoms with Crippen LogP contribution in [-0.4, -0.2) is 5.11 Å². The molecule has 98 valence electrons. The minimum absolute atomic E-state index is 0.209. The van der Waals surface area contributed by atoms with Crippen LogP contribution in [0.25, 0.3) is 0 Å². The van der Waals surface area contributed by atoms with E-state index in [0.717, 1.165) is 12.1 Å². The lowest BCUT2D eigenvalue weighted by Crippen LogP contribution is -2.20. The van der Waals surface area contributed by atoms with E-state index in [4.69, 9.17) is 11.6 Å². The zero-order valence-corrected chi connectivity index (χ0v) is 10.9. The van der Waals surface area contributed by atoms with Crippen molar-refractivity contribution >= 4 is 11.6 Å². The average molecular weight is 278 g/mol. The normalized spacial score (nSPS) is 19.2. The summed E-state index contributed by atoms with van der Waals surface area (Å²) in [6, 6.07) is 11.8. The van der Waals surface area contributed by atoms with Gasteiger partial charge in [-0.15, -0.1) is 0 Å². The number of nitrogens with one attached hydrogen (secondary N) is 1. The molecule has 0 bridgehead atoms. The van der Waals surface area contributed by atoms with Gasteiger partial charge >= 0.3 is 0 Å². The summed E-state index contributed by atoms with van der Waals surface area (Å²) in [6.45, 7) is 0.719. The molecular weight excluding hydrogens is 265 g/mol. The van der Waals surface area contributed by atoms with Crippen molar-refractivity contribution in [1.29, 1.82) is 0 Å². The van der Waals surface area contributed by atoms with Gasteiger partial charge in [0, 0.05) is 17.1 Å². The molecular formula is C15H13ClFNO. The van der Waals surface area contributed by atoms with Gasteiger partial charge in [-0.3, -0.25) is 0 Å². The first-order chi connectivity index (χ1) is 9.16. The van der Waals surface area contributed by atoms with Gasteiger partial charge in [0.15, 0.2) is 0 Å². The predicted octanol–water partition coefficient (Wildman–Crippen LogP) is 3.36. The van der Waals surface area contributed by atoms with Crippen LogP contribution in [0.4, 0.5) is 4.39 Å². The maximum atomic E-state index is 13.0. The zero-order valence-electron chi connectivity index (χ0n) is 10.1. The molecule has 0 aromatic heterocycles. The third kappa shape index (κ3) is 2.25. The maximum Gasteiger partial charge on any atom is 0.124 e. The second-order valence-corrected chi connectivity index (χ2v) is 5.08. The van der Waals surface area contributed by atoms with E-state index < -0.39 is 11.9 Å². The molecule has 2 nitrogen and oxygen atoms in total. The minimum atomic E-state index is -0.795. The van der Waals surface area contributed by atoms with Gasteiger partial charge < -0.3 is 10.4 Å². The molecule has 0 amide bonds. The van der Waals surface area contributed by atoms with E-state index in [1.807, 2.05) is 24.3 Å². The van der Waals surface area contributed by atoms with Gasteiger partial charge in [0.25, 0.3) is 0 Å². The van der Waals surface area contributed by atoms with E-state index in [1.165, 1.54) is 23.8 Å². The fraction of sp³-hybridized carbons (Fsp3) is 0.200. The standard InChI is InChI=1S/C15H13ClFNO/c16-13-7-10(17)5-6-12(13)15(19)14-11-4-2-1-3-9(11)8-18-14/h1-7,14-15,18-19H,8H2. The highest BCUT2D eigenvalue weighted by Crippen LogP contribution is 2.37. The molecule has 2 unspecified atom stereocenters. The molecule has 0 saturated carbocycles. The van der Waals surface area contributed by atoms with Gasteiger partial charge in [0.2, 0.25) is 0 Å². The second-order valence-electron chi connectivity index (χ2n) is 4.67. The van der Waals surface area contributed by atoms with Crippen molar-refractivity contribution in [3.8, 4) is 0 Å². The Morgan fingerprint density at radius 1 is 1.26 bits per heavy atom. The summed E-state index contributed by atoms with van der Waals surface area (Å²) in [6.07, 6.45) is -0.795. The van der Waals surface area contributed by atoms with Crippen molar-refractivity contribution in [3.63, 3.8) is 0 Å². The van der Waals surface area contributed by atoms with Crippen molar-refractivity contribution in [2.24, 2.45) is 0 Å². The van der Waals surface area contributed by atoms with Crippen molar-refractivity contribution in [1.82, 2.24) is 5.32 Å². The molecule has 2 aromatic carbocycles. The summed E-state index contributed by atoms with van der Waals surface area (Å²) in [5.41, 5.74) is 2.78. The number of aliphatic hydroxyl groups excluding tert-OH is 1. The van der Waals surface area contributed by atoms with E-state index in [9.17, 15) is 9.50 Å². The predicted molar refractivity (Wildman–Crippen MR) is 72.4 cm³/mol. The first-order valence-electron chi connectivity index (χ1n) is 6.11. The number of rotatable bonds is 2. The lowest BCUT2D eigenvalue weighted by Gasteiger charge is -2.21. The number of benzene rings is 2. The third-order valence-electron chi connectivity index (χ3n) is 3.50. The lowest BCUT2D eigenvalue weighted by molar-refractivity contribution is 0.133. The molecule has 0 aliphatic carbocycles. The van der Waals surface area contributed by atoms with E-state index in [1.54, 1.807) is 0 Å². The monoisotopic (exact) mass is 277 g/mol. The maximum absolute atomic E-state index is 13.0. The van der Waals surface area contributed by atoms with Gasteiger partial charge in [-0.2, -0.15) is 0 Å². The number of halogens is 2. The fourth-order valence-electron chi connectivity index (χ4n) is 2.53. The lowest BCUT2D eigenvalue weighted by atomic mass is 9.96. The van der Waals surface area contributed by atoms with Gasteiger partial charge in [-0.25, -0.2) is 4.39 Å². The SMILES string of the molecule is OC(c1ccc(F)cc1Cl)C1NCc2ccccc21. The Balaban J connectivity index is 1.95. The fourth-order valence-corrected chi connectivity index (χ4v) is 2.81. The number of fused-ring (bicyclic) bond motifs is 1. The van der Waals surface area contributed by atoms with Crippen LogP contribution in [0.1, 0.15) is 28.8 Å². The summed E-state index contributed by atoms with van der Waals surface area (Å²) in [4.78, 5) is 0. The topological polar surface area (TPSA) is 32.3 Å². The summed E-state index contributed by atoms with van der Waals surface area (Å²) >= 11 is 6.00. The number of aliphatic hydroxyl groups is 1. The van der Waals surface area contributed by atoms with Crippen LogP contribution in [0.3, 0.4) is 0 Å². The molecule has 2 atom stereocenters. The van der Waals surface area contributed by atoms with Crippen molar-refractivity contribution < 1.29 is 9.50 Å². The van der Waals surface area contributed by atoms with E-state index in [-0.39, 0.29) is 11.1 Å². The minimum Gasteiger partial charge on any atom is -0.386 e. The molecule has 19 heavy (non-hydrogen) atoms. The van der Waals surface area contributed by atoms with Gasteiger partial charge in [-0.1, -0.05) is 41.9 Å². The van der Waals surface area contributed by atoms with Gasteiger partial charge in [0.1, 0.15) is 5.82 Å². The van der Waals surface area contributed by atoms with Gasteiger partial charge in [0.05, 0.1) is 12.1 Å². The highest BCUT2D eigenvalue weighted by molar-refractivity contribution is 6.31. The van der Waals surface area contributed by atoms with Crippen LogP contribution in [0.15, 0.2) is 42.5 Å². The molecule has 1 heterocycles. The number of hydrogen-bond acceptors (Lipinski definition) is 2. The molecule has 0 spiro atoms. The van der Waals surface area contributed by atoms with Gasteiger partial charge in [-0.05, 0) is 23.3 Å². The summed E-state index contributed by atoms with van der Waals surface area (Å²) in [5.74, 6) is -0.402. The third-order valence-corrected chi connectivity index (χ3v) is 3.83. The Hall–Kier alpha value is -1.42. The molecule has 4 heteroatoms. The first-order valence-corrected chi connectivity index (χ1v) is 6.49. The van der Waals surface area contributed by atoms with E-state index in [0.29, 0.717) is 5.56 Å². The molecule has 3 rings (SSSR count). The number of hydrogen-bond donors (Lipinski definition) is 2. The zero-order chi connectivity index (χ0) is 13.4. The van der Waals surface area contributed by atoms with Crippen LogP contribution < -0.4 is 5.32 Å². The molecule has 1 aliphatic rings. The first kappa shape index (κ1) is 12.6. The van der Waals surface area contributed by atoms with Crippen molar-refractivity contribution in [2.45, 2.75) is 18.7 Å². The average Bonchev–Trinajstić information content (AvgIpc) is 2.82. The molecule has 2 aromatic rings. The van der Waals surface area contributed by atoms with E-state index >= 15 is 0 Å². The Kier molecular flexibility index (Phi) is 3.27. The molecule has 1 aliphatic heterocycles. The molecule has 0 saturated heterocycles. The Bertz CT molecular complexity index is 617. The second kappa shape index (κ2) is 4.93. The van der Waals surface area contributed by atoms with Crippen LogP contribution in [0.5, 0.6) is 0 Å². The smallest absolute Gasteiger partial charge is 0.124 e. The highest BCUT2D eigenvalue weighted by Gasteiger charge is 2.29. The van der Waals surface area contributed by atoms with Crippen LogP contribution in [0.2, 0.25) is 5.02 Å². The Labute approximate surface area is 115 Å². The van der Waals surface area contributed by atoms with E-state index in [2.05, 4.69) is 5.32 Å². The quantitative estimate of drug-likeness (QED) is 0.882. The van der Waals surface area contributed by atoms with Crippen molar-refractivity contribution in [3.05, 3.63) is 70.0 Å². The summed E-state index contributed by atoms with van der Waals surface area (Å²) in [5, 5.41) is 14.0. The highest BCUT2D eigenvalue weighted by atomic mass is 35.5. The largest absolute Gasteiger partial charge is 0.386 e.